The van der Waals surface area contributed by atoms with Gasteiger partial charge in [-0.3, -0.25) is 4.79 Å². The van der Waals surface area contributed by atoms with Crippen LogP contribution >= 0.6 is 11.8 Å². The number of hydrogen-bond donors (Lipinski definition) is 0. The molecule has 2 heterocycles. The highest BCUT2D eigenvalue weighted by molar-refractivity contribution is 8.00. The van der Waals surface area contributed by atoms with Gasteiger partial charge in [-0.05, 0) is 50.8 Å². The highest BCUT2D eigenvalue weighted by Gasteiger charge is 2.38. The number of carbonyl (C=O) groups excluding carboxylic acids is 1. The lowest BCUT2D eigenvalue weighted by Crippen LogP contribution is -2.25. The van der Waals surface area contributed by atoms with Crippen LogP contribution in [0, 0.1) is 11.7 Å². The van der Waals surface area contributed by atoms with Gasteiger partial charge in [-0.15, -0.1) is 0 Å². The van der Waals surface area contributed by atoms with Gasteiger partial charge in [0.15, 0.2) is 5.78 Å². The van der Waals surface area contributed by atoms with Crippen molar-refractivity contribution in [3.05, 3.63) is 29.6 Å². The molecule has 0 spiro atoms. The molecule has 2 aliphatic heterocycles. The van der Waals surface area contributed by atoms with Gasteiger partial charge < -0.3 is 4.74 Å². The molecule has 1 aromatic carbocycles. The highest BCUT2D eigenvalue weighted by Crippen LogP contribution is 2.47. The summed E-state index contributed by atoms with van der Waals surface area (Å²) >= 11 is 2.03. The predicted molar refractivity (Wildman–Crippen MR) is 79.0 cm³/mol. The Morgan fingerprint density at radius 1 is 1.35 bits per heavy atom. The minimum Gasteiger partial charge on any atom is -0.493 e. The van der Waals surface area contributed by atoms with Gasteiger partial charge in [0.2, 0.25) is 0 Å². The summed E-state index contributed by atoms with van der Waals surface area (Å²) in [6.07, 6.45) is 4.31. The molecule has 2 unspecified atom stereocenters. The van der Waals surface area contributed by atoms with E-state index in [-0.39, 0.29) is 17.5 Å². The second kappa shape index (κ2) is 5.76. The van der Waals surface area contributed by atoms with Gasteiger partial charge in [0.05, 0.1) is 12.2 Å². The molecule has 2 aliphatic rings. The fourth-order valence-corrected chi connectivity index (χ4v) is 5.04. The summed E-state index contributed by atoms with van der Waals surface area (Å²) in [6, 6.07) is 4.25. The Hall–Kier alpha value is -1.03. The van der Waals surface area contributed by atoms with E-state index in [1.807, 2.05) is 18.7 Å². The standard InChI is InChI=1S/C16H19FO2S/c1-2-19-15-6-3-11(17)9-14(15)16(18)10-7-12-4-5-13(8-10)20-12/h3,6,9-10,12-13H,2,4-5,7-8H2,1H3. The van der Waals surface area contributed by atoms with Gasteiger partial charge in [-0.1, -0.05) is 0 Å². The molecular weight excluding hydrogens is 275 g/mol. The monoisotopic (exact) mass is 294 g/mol. The van der Waals surface area contributed by atoms with E-state index in [1.54, 1.807) is 6.07 Å². The Labute approximate surface area is 123 Å². The fraction of sp³-hybridized carbons (Fsp3) is 0.562. The first-order chi connectivity index (χ1) is 9.67. The number of carbonyl (C=O) groups is 1. The molecule has 0 saturated carbocycles. The maximum atomic E-state index is 13.5. The van der Waals surface area contributed by atoms with Gasteiger partial charge in [0.25, 0.3) is 0 Å². The number of ether oxygens (including phenoxy) is 1. The smallest absolute Gasteiger partial charge is 0.169 e. The van der Waals surface area contributed by atoms with Crippen molar-refractivity contribution in [3.63, 3.8) is 0 Å². The third-order valence-corrected chi connectivity index (χ3v) is 5.79. The van der Waals surface area contributed by atoms with Crippen molar-refractivity contribution in [1.82, 2.24) is 0 Å². The number of rotatable bonds is 4. The summed E-state index contributed by atoms with van der Waals surface area (Å²) < 4.78 is 18.9. The number of hydrogen-bond acceptors (Lipinski definition) is 3. The molecule has 2 fully saturated rings. The summed E-state index contributed by atoms with van der Waals surface area (Å²) in [4.78, 5) is 12.7. The first kappa shape index (κ1) is 13.9. The third kappa shape index (κ3) is 2.71. The van der Waals surface area contributed by atoms with Crippen LogP contribution in [0.3, 0.4) is 0 Å². The normalized spacial score (nSPS) is 28.4. The molecule has 0 radical (unpaired) electrons. The number of fused-ring (bicyclic) bond motifs is 2. The SMILES string of the molecule is CCOc1ccc(F)cc1C(=O)C1CC2CCC(C1)S2. The fourth-order valence-electron chi connectivity index (χ4n) is 3.27. The minimum absolute atomic E-state index is 0.0368. The average molecular weight is 294 g/mol. The number of Topliss-reactive ketones (excluding diaryl/α,β-unsaturated/α-hetero) is 1. The van der Waals surface area contributed by atoms with Crippen molar-refractivity contribution < 1.29 is 13.9 Å². The summed E-state index contributed by atoms with van der Waals surface area (Å²) in [5.74, 6) is 0.245. The van der Waals surface area contributed by atoms with E-state index in [4.69, 9.17) is 4.74 Å². The van der Waals surface area contributed by atoms with Gasteiger partial charge >= 0.3 is 0 Å². The van der Waals surface area contributed by atoms with Crippen molar-refractivity contribution in [2.24, 2.45) is 5.92 Å². The first-order valence-corrected chi connectivity index (χ1v) is 8.23. The molecular formula is C16H19FO2S. The molecule has 2 nitrogen and oxygen atoms in total. The summed E-state index contributed by atoms with van der Waals surface area (Å²) in [5, 5.41) is 1.23. The molecule has 1 aromatic rings. The van der Waals surface area contributed by atoms with Crippen molar-refractivity contribution in [2.75, 3.05) is 6.61 Å². The van der Waals surface area contributed by atoms with E-state index >= 15 is 0 Å². The quantitative estimate of drug-likeness (QED) is 0.783. The molecule has 2 saturated heterocycles. The zero-order valence-corrected chi connectivity index (χ0v) is 12.4. The van der Waals surface area contributed by atoms with Crippen molar-refractivity contribution in [2.45, 2.75) is 43.1 Å². The molecule has 0 N–H and O–H groups in total. The second-order valence-electron chi connectivity index (χ2n) is 5.56. The van der Waals surface area contributed by atoms with Gasteiger partial charge in [-0.25, -0.2) is 4.39 Å². The summed E-state index contributed by atoms with van der Waals surface area (Å²) in [6.45, 7) is 2.35. The Balaban J connectivity index is 1.84. The van der Waals surface area contributed by atoms with Crippen molar-refractivity contribution >= 4 is 17.5 Å². The zero-order chi connectivity index (χ0) is 14.1. The minimum atomic E-state index is -0.370. The average Bonchev–Trinajstić information content (AvgIpc) is 2.79. The van der Waals surface area contributed by atoms with Crippen LogP contribution < -0.4 is 4.74 Å². The van der Waals surface area contributed by atoms with Crippen LogP contribution in [0.1, 0.15) is 43.0 Å². The molecule has 108 valence electrons. The zero-order valence-electron chi connectivity index (χ0n) is 11.6. The number of benzene rings is 1. The molecule has 3 rings (SSSR count). The van der Waals surface area contributed by atoms with Gasteiger partial charge in [0.1, 0.15) is 11.6 Å². The lowest BCUT2D eigenvalue weighted by molar-refractivity contribution is 0.0902. The second-order valence-corrected chi connectivity index (χ2v) is 7.17. The molecule has 4 heteroatoms. The van der Waals surface area contributed by atoms with Crippen LogP contribution in [0.4, 0.5) is 4.39 Å². The number of ketones is 1. The molecule has 0 amide bonds. The van der Waals surface area contributed by atoms with Crippen molar-refractivity contribution in [1.29, 1.82) is 0 Å². The largest absolute Gasteiger partial charge is 0.493 e. The first-order valence-electron chi connectivity index (χ1n) is 7.29. The van der Waals surface area contributed by atoms with Crippen LogP contribution in [-0.2, 0) is 0 Å². The highest BCUT2D eigenvalue weighted by atomic mass is 32.2. The molecule has 0 aliphatic carbocycles. The predicted octanol–water partition coefficient (Wildman–Crippen LogP) is 4.08. The lowest BCUT2D eigenvalue weighted by atomic mass is 9.90. The molecule has 2 atom stereocenters. The third-order valence-electron chi connectivity index (χ3n) is 4.17. The van der Waals surface area contributed by atoms with E-state index in [9.17, 15) is 9.18 Å². The Morgan fingerprint density at radius 2 is 2.05 bits per heavy atom. The van der Waals surface area contributed by atoms with E-state index in [0.717, 1.165) is 12.8 Å². The number of halogens is 1. The van der Waals surface area contributed by atoms with Crippen LogP contribution in [0.25, 0.3) is 0 Å². The molecule has 0 aromatic heterocycles. The maximum Gasteiger partial charge on any atom is 0.169 e. The van der Waals surface area contributed by atoms with Crippen LogP contribution in [0.2, 0.25) is 0 Å². The summed E-state index contributed by atoms with van der Waals surface area (Å²) in [7, 11) is 0. The summed E-state index contributed by atoms with van der Waals surface area (Å²) in [5.41, 5.74) is 0.420. The maximum absolute atomic E-state index is 13.5. The van der Waals surface area contributed by atoms with E-state index < -0.39 is 0 Å². The van der Waals surface area contributed by atoms with Crippen LogP contribution in [-0.4, -0.2) is 22.9 Å². The van der Waals surface area contributed by atoms with E-state index in [1.165, 1.54) is 25.0 Å². The van der Waals surface area contributed by atoms with Crippen molar-refractivity contribution in [3.8, 4) is 5.75 Å². The Bertz CT molecular complexity index is 505. The van der Waals surface area contributed by atoms with E-state index in [0.29, 0.717) is 28.4 Å². The van der Waals surface area contributed by atoms with Gasteiger partial charge in [-0.2, -0.15) is 11.8 Å². The number of thioether (sulfide) groups is 1. The van der Waals surface area contributed by atoms with E-state index in [2.05, 4.69) is 0 Å². The van der Waals surface area contributed by atoms with Gasteiger partial charge in [0, 0.05) is 16.4 Å². The Kier molecular flexibility index (Phi) is 4.01. The topological polar surface area (TPSA) is 26.3 Å². The van der Waals surface area contributed by atoms with Crippen LogP contribution in [0.15, 0.2) is 18.2 Å². The lowest BCUT2D eigenvalue weighted by Gasteiger charge is -2.26. The molecule has 20 heavy (non-hydrogen) atoms. The Morgan fingerprint density at radius 3 is 2.70 bits per heavy atom. The van der Waals surface area contributed by atoms with Crippen LogP contribution in [0.5, 0.6) is 5.75 Å². The molecule has 2 bridgehead atoms.